The van der Waals surface area contributed by atoms with E-state index in [-0.39, 0.29) is 12.0 Å². The van der Waals surface area contributed by atoms with Gasteiger partial charge in [-0.2, -0.15) is 0 Å². The van der Waals surface area contributed by atoms with Crippen molar-refractivity contribution in [1.29, 1.82) is 0 Å². The molecule has 2 heterocycles. The van der Waals surface area contributed by atoms with Crippen LogP contribution in [0.5, 0.6) is 5.75 Å². The van der Waals surface area contributed by atoms with Gasteiger partial charge in [0.2, 0.25) is 0 Å². The van der Waals surface area contributed by atoms with Gasteiger partial charge in [0.15, 0.2) is 5.75 Å². The third kappa shape index (κ3) is 3.77. The molecule has 134 valence electrons. The Morgan fingerprint density at radius 1 is 1.12 bits per heavy atom. The Morgan fingerprint density at radius 2 is 1.77 bits per heavy atom. The zero-order valence-corrected chi connectivity index (χ0v) is 15.5. The number of carbonyl (C=O) groups is 1. The zero-order valence-electron chi connectivity index (χ0n) is 15.5. The maximum absolute atomic E-state index is 12.3. The summed E-state index contributed by atoms with van der Waals surface area (Å²) in [5, 5.41) is 2.66. The molecular weight excluding hydrogens is 326 g/mol. The van der Waals surface area contributed by atoms with Crippen molar-refractivity contribution in [2.75, 3.05) is 7.05 Å². The highest BCUT2D eigenvalue weighted by molar-refractivity contribution is 5.96. The molecule has 5 heteroatoms. The van der Waals surface area contributed by atoms with Crippen molar-refractivity contribution in [2.45, 2.75) is 26.9 Å². The first-order chi connectivity index (χ1) is 12.5. The number of nitrogens with one attached hydrogen (secondary N) is 2. The first-order valence-corrected chi connectivity index (χ1v) is 8.60. The van der Waals surface area contributed by atoms with Gasteiger partial charge in [-0.1, -0.05) is 30.3 Å². The Labute approximate surface area is 153 Å². The van der Waals surface area contributed by atoms with E-state index in [9.17, 15) is 4.79 Å². The van der Waals surface area contributed by atoms with E-state index in [1.54, 1.807) is 7.05 Å². The highest BCUT2D eigenvalue weighted by Crippen LogP contribution is 2.31. The van der Waals surface area contributed by atoms with Gasteiger partial charge in [0.1, 0.15) is 11.8 Å². The van der Waals surface area contributed by atoms with Gasteiger partial charge in [-0.3, -0.25) is 9.78 Å². The van der Waals surface area contributed by atoms with Crippen LogP contribution in [0.15, 0.2) is 48.5 Å². The number of amides is 1. The number of hydrogen-bond donors (Lipinski definition) is 2. The number of aryl methyl sites for hydroxylation is 2. The normalized spacial score (nSPS) is 11.8. The van der Waals surface area contributed by atoms with Crippen molar-refractivity contribution < 1.29 is 9.53 Å². The maximum atomic E-state index is 12.3. The van der Waals surface area contributed by atoms with Gasteiger partial charge in [-0.05, 0) is 38.5 Å². The largest absolute Gasteiger partial charge is 0.484 e. The average molecular weight is 349 g/mol. The van der Waals surface area contributed by atoms with Crippen molar-refractivity contribution in [3.05, 3.63) is 71.2 Å². The van der Waals surface area contributed by atoms with Gasteiger partial charge in [-0.15, -0.1) is 0 Å². The summed E-state index contributed by atoms with van der Waals surface area (Å²) in [7, 11) is 1.61. The molecule has 5 nitrogen and oxygen atoms in total. The standard InChI is InChI=1S/C21H23N3O2/c1-13-10-17(11-14(2)23-13)18-12-19(20(24-18)21(25)22-4)26-15(3)16-8-6-5-7-9-16/h5-12,15,24H,1-4H3,(H,22,25)/t15-/m0/s1. The summed E-state index contributed by atoms with van der Waals surface area (Å²) in [5.41, 5.74) is 5.12. The lowest BCUT2D eigenvalue weighted by Crippen LogP contribution is -2.19. The summed E-state index contributed by atoms with van der Waals surface area (Å²) in [6, 6.07) is 15.8. The minimum absolute atomic E-state index is 0.177. The molecule has 3 aromatic rings. The van der Waals surface area contributed by atoms with Crippen molar-refractivity contribution in [3.8, 4) is 17.0 Å². The molecule has 0 aliphatic carbocycles. The van der Waals surface area contributed by atoms with Crippen LogP contribution in [0, 0.1) is 13.8 Å². The molecule has 2 N–H and O–H groups in total. The second-order valence-corrected chi connectivity index (χ2v) is 6.31. The summed E-state index contributed by atoms with van der Waals surface area (Å²) in [5.74, 6) is 0.317. The summed E-state index contributed by atoms with van der Waals surface area (Å²) in [6.45, 7) is 5.87. The van der Waals surface area contributed by atoms with Gasteiger partial charge in [0.05, 0.1) is 0 Å². The first-order valence-electron chi connectivity index (χ1n) is 8.60. The number of carbonyl (C=O) groups excluding carboxylic acids is 1. The third-order valence-corrected chi connectivity index (χ3v) is 4.20. The van der Waals surface area contributed by atoms with Gasteiger partial charge in [-0.25, -0.2) is 0 Å². The first kappa shape index (κ1) is 17.7. The molecule has 0 aliphatic heterocycles. The molecule has 1 amide bonds. The number of hydrogen-bond acceptors (Lipinski definition) is 3. The molecule has 1 atom stereocenters. The van der Waals surface area contributed by atoms with E-state index in [0.717, 1.165) is 28.2 Å². The molecule has 26 heavy (non-hydrogen) atoms. The van der Waals surface area contributed by atoms with E-state index in [1.807, 2.05) is 69.3 Å². The van der Waals surface area contributed by atoms with Gasteiger partial charge >= 0.3 is 0 Å². The predicted molar refractivity (Wildman–Crippen MR) is 102 cm³/mol. The Morgan fingerprint density at radius 3 is 2.38 bits per heavy atom. The van der Waals surface area contributed by atoms with Gasteiger partial charge in [0, 0.05) is 35.8 Å². The Hall–Kier alpha value is -3.08. The molecule has 0 saturated heterocycles. The van der Waals surface area contributed by atoms with E-state index < -0.39 is 0 Å². The Balaban J connectivity index is 1.98. The second kappa shape index (κ2) is 7.44. The molecule has 2 aromatic heterocycles. The maximum Gasteiger partial charge on any atom is 0.271 e. The van der Waals surface area contributed by atoms with E-state index in [1.165, 1.54) is 0 Å². The minimum atomic E-state index is -0.214. The molecule has 0 spiro atoms. The molecule has 3 rings (SSSR count). The van der Waals surface area contributed by atoms with Gasteiger partial charge in [0.25, 0.3) is 5.91 Å². The number of aromatic nitrogens is 2. The topological polar surface area (TPSA) is 67.0 Å². The summed E-state index contributed by atoms with van der Waals surface area (Å²) < 4.78 is 6.11. The van der Waals surface area contributed by atoms with Crippen molar-refractivity contribution >= 4 is 5.91 Å². The van der Waals surface area contributed by atoms with E-state index >= 15 is 0 Å². The molecular formula is C21H23N3O2. The van der Waals surface area contributed by atoms with Crippen LogP contribution < -0.4 is 10.1 Å². The fourth-order valence-corrected chi connectivity index (χ4v) is 2.95. The number of benzene rings is 1. The lowest BCUT2D eigenvalue weighted by atomic mass is 10.1. The van der Waals surface area contributed by atoms with Crippen LogP contribution in [0.25, 0.3) is 11.3 Å². The molecule has 0 fully saturated rings. The van der Waals surface area contributed by atoms with Crippen molar-refractivity contribution in [1.82, 2.24) is 15.3 Å². The van der Waals surface area contributed by atoms with Crippen LogP contribution in [0.2, 0.25) is 0 Å². The minimum Gasteiger partial charge on any atom is -0.484 e. The number of rotatable bonds is 5. The summed E-state index contributed by atoms with van der Waals surface area (Å²) in [6.07, 6.45) is -0.177. The molecule has 0 radical (unpaired) electrons. The highest BCUT2D eigenvalue weighted by atomic mass is 16.5. The molecule has 0 saturated carbocycles. The highest BCUT2D eigenvalue weighted by Gasteiger charge is 2.19. The van der Waals surface area contributed by atoms with Gasteiger partial charge < -0.3 is 15.0 Å². The Kier molecular flexibility index (Phi) is 5.07. The summed E-state index contributed by atoms with van der Waals surface area (Å²) >= 11 is 0. The lowest BCUT2D eigenvalue weighted by Gasteiger charge is -2.14. The number of aromatic amines is 1. The lowest BCUT2D eigenvalue weighted by molar-refractivity contribution is 0.0952. The van der Waals surface area contributed by atoms with Crippen LogP contribution in [0.3, 0.4) is 0 Å². The monoisotopic (exact) mass is 349 g/mol. The van der Waals surface area contributed by atoms with Crippen LogP contribution in [-0.2, 0) is 0 Å². The molecule has 1 aromatic carbocycles. The fraction of sp³-hybridized carbons (Fsp3) is 0.238. The average Bonchev–Trinajstić information content (AvgIpc) is 3.05. The van der Waals surface area contributed by atoms with E-state index in [4.69, 9.17) is 4.74 Å². The van der Waals surface area contributed by atoms with Crippen LogP contribution in [-0.4, -0.2) is 22.9 Å². The Bertz CT molecular complexity index is 896. The second-order valence-electron chi connectivity index (χ2n) is 6.31. The zero-order chi connectivity index (χ0) is 18.7. The SMILES string of the molecule is CNC(=O)c1[nH]c(-c2cc(C)nc(C)c2)cc1O[C@@H](C)c1ccccc1. The quantitative estimate of drug-likeness (QED) is 0.726. The van der Waals surface area contributed by atoms with Crippen LogP contribution in [0.1, 0.15) is 40.5 Å². The fourth-order valence-electron chi connectivity index (χ4n) is 2.95. The number of ether oxygens (including phenoxy) is 1. The predicted octanol–water partition coefficient (Wildman–Crippen LogP) is 4.19. The van der Waals surface area contributed by atoms with E-state index in [2.05, 4.69) is 15.3 Å². The third-order valence-electron chi connectivity index (χ3n) is 4.20. The van der Waals surface area contributed by atoms with Crippen LogP contribution >= 0.6 is 0 Å². The number of pyridine rings is 1. The van der Waals surface area contributed by atoms with E-state index in [0.29, 0.717) is 11.4 Å². The molecule has 0 bridgehead atoms. The molecule has 0 aliphatic rings. The summed E-state index contributed by atoms with van der Waals surface area (Å²) in [4.78, 5) is 19.9. The van der Waals surface area contributed by atoms with Crippen molar-refractivity contribution in [2.24, 2.45) is 0 Å². The van der Waals surface area contributed by atoms with Crippen LogP contribution in [0.4, 0.5) is 0 Å². The number of H-pyrrole nitrogens is 1. The smallest absolute Gasteiger partial charge is 0.271 e. The molecule has 0 unspecified atom stereocenters. The number of nitrogens with zero attached hydrogens (tertiary/aromatic N) is 1. The van der Waals surface area contributed by atoms with Crippen molar-refractivity contribution in [3.63, 3.8) is 0 Å².